The summed E-state index contributed by atoms with van der Waals surface area (Å²) in [6.07, 6.45) is -4.15. The summed E-state index contributed by atoms with van der Waals surface area (Å²) in [5, 5.41) is 2.40. The lowest BCUT2D eigenvalue weighted by molar-refractivity contribution is -0.274. The summed E-state index contributed by atoms with van der Waals surface area (Å²) in [5.41, 5.74) is 0.882. The Bertz CT molecular complexity index is 1090. The molecule has 0 radical (unpaired) electrons. The molecule has 2 amide bonds. The first-order valence-electron chi connectivity index (χ1n) is 10.1. The van der Waals surface area contributed by atoms with Crippen LogP contribution < -0.4 is 10.1 Å². The number of nitrogens with one attached hydrogen (secondary N) is 1. The van der Waals surface area contributed by atoms with E-state index in [1.54, 1.807) is 12.1 Å². The second kappa shape index (κ2) is 9.16. The number of benzene rings is 2. The molecule has 2 atom stereocenters. The lowest BCUT2D eigenvalue weighted by Crippen LogP contribution is -2.47. The average Bonchev–Trinajstić information content (AvgIpc) is 3.32. The van der Waals surface area contributed by atoms with Crippen molar-refractivity contribution in [2.45, 2.75) is 30.1 Å². The van der Waals surface area contributed by atoms with Crippen molar-refractivity contribution in [1.29, 1.82) is 0 Å². The average molecular weight is 498 g/mol. The zero-order valence-corrected chi connectivity index (χ0v) is 18.2. The first-order chi connectivity index (χ1) is 16.1. The van der Waals surface area contributed by atoms with Gasteiger partial charge < -0.3 is 19.7 Å². The molecular weight excluding hydrogens is 480 g/mol. The second-order valence-corrected chi connectivity index (χ2v) is 8.91. The predicted molar refractivity (Wildman–Crippen MR) is 113 cm³/mol. The maximum Gasteiger partial charge on any atom is 0.573 e. The third-order valence-corrected chi connectivity index (χ3v) is 7.01. The normalized spacial score (nSPS) is 21.8. The number of nitrogens with zero attached hydrogens (tertiary/aromatic N) is 1. The fourth-order valence-electron chi connectivity index (χ4n) is 4.00. The zero-order valence-electron chi connectivity index (χ0n) is 17.4. The highest BCUT2D eigenvalue weighted by Crippen LogP contribution is 2.54. The van der Waals surface area contributed by atoms with Gasteiger partial charge in [0, 0.05) is 17.9 Å². The molecule has 2 heterocycles. The van der Waals surface area contributed by atoms with Crippen molar-refractivity contribution >= 4 is 35.2 Å². The highest BCUT2D eigenvalue weighted by atomic mass is 32.2. The van der Waals surface area contributed by atoms with Gasteiger partial charge in [-0.25, -0.2) is 9.18 Å². The molecule has 4 rings (SSSR count). The number of fused-ring (bicyclic) bond motifs is 1. The molecule has 2 fully saturated rings. The number of carbonyl (C=O) groups is 3. The second-order valence-electron chi connectivity index (χ2n) is 7.61. The quantitative estimate of drug-likeness (QED) is 0.482. The van der Waals surface area contributed by atoms with E-state index in [1.165, 1.54) is 40.9 Å². The molecule has 2 aromatic carbocycles. The minimum Gasteiger partial charge on any atom is -0.454 e. The molecule has 0 saturated carbocycles. The van der Waals surface area contributed by atoms with E-state index >= 15 is 0 Å². The van der Waals surface area contributed by atoms with Gasteiger partial charge in [0.05, 0.1) is 0 Å². The maximum atomic E-state index is 13.4. The largest absolute Gasteiger partial charge is 0.573 e. The van der Waals surface area contributed by atoms with Crippen LogP contribution in [0.1, 0.15) is 18.4 Å². The number of rotatable bonds is 6. The molecule has 0 spiro atoms. The van der Waals surface area contributed by atoms with Crippen LogP contribution in [0, 0.1) is 5.82 Å². The Morgan fingerprint density at radius 1 is 1.12 bits per heavy atom. The van der Waals surface area contributed by atoms with Crippen molar-refractivity contribution in [3.63, 3.8) is 0 Å². The van der Waals surface area contributed by atoms with Crippen molar-refractivity contribution in [2.24, 2.45) is 0 Å². The number of hydrogen-bond acceptors (Lipinski definition) is 6. The van der Waals surface area contributed by atoms with Crippen LogP contribution in [0.2, 0.25) is 0 Å². The molecule has 0 aromatic heterocycles. The lowest BCUT2D eigenvalue weighted by Gasteiger charge is -2.33. The highest BCUT2D eigenvalue weighted by molar-refractivity contribution is 8.00. The molecule has 2 aliphatic rings. The summed E-state index contributed by atoms with van der Waals surface area (Å²) in [4.78, 5) is 38.1. The van der Waals surface area contributed by atoms with Crippen LogP contribution >= 0.6 is 11.8 Å². The molecule has 2 unspecified atom stereocenters. The summed E-state index contributed by atoms with van der Waals surface area (Å²) in [5.74, 6) is -2.30. The number of thioether (sulfide) groups is 1. The van der Waals surface area contributed by atoms with Gasteiger partial charge in [-0.15, -0.1) is 24.9 Å². The number of amides is 2. The Morgan fingerprint density at radius 2 is 1.79 bits per heavy atom. The fraction of sp³-hybridized carbons (Fsp3) is 0.318. The minimum absolute atomic E-state index is 0.178. The number of carbonyl (C=O) groups excluding carboxylic acids is 3. The smallest absolute Gasteiger partial charge is 0.454 e. The van der Waals surface area contributed by atoms with Gasteiger partial charge in [0.25, 0.3) is 5.91 Å². The van der Waals surface area contributed by atoms with Gasteiger partial charge in [-0.1, -0.05) is 12.1 Å². The summed E-state index contributed by atoms with van der Waals surface area (Å²) in [7, 11) is 0. The van der Waals surface area contributed by atoms with Crippen LogP contribution in [0.4, 0.5) is 23.2 Å². The molecule has 0 aliphatic carbocycles. The van der Waals surface area contributed by atoms with E-state index in [1.807, 2.05) is 0 Å². The Morgan fingerprint density at radius 3 is 2.44 bits per heavy atom. The first kappa shape index (κ1) is 23.9. The predicted octanol–water partition coefficient (Wildman–Crippen LogP) is 3.80. The van der Waals surface area contributed by atoms with Crippen molar-refractivity contribution in [3.8, 4) is 5.75 Å². The van der Waals surface area contributed by atoms with E-state index in [0.717, 1.165) is 12.1 Å². The van der Waals surface area contributed by atoms with Crippen molar-refractivity contribution in [2.75, 3.05) is 17.7 Å². The minimum atomic E-state index is -4.83. The maximum absolute atomic E-state index is 13.4. The van der Waals surface area contributed by atoms with E-state index in [-0.39, 0.29) is 23.8 Å². The molecule has 2 aliphatic heterocycles. The highest BCUT2D eigenvalue weighted by Gasteiger charge is 2.57. The Balaban J connectivity index is 1.35. The molecule has 180 valence electrons. The van der Waals surface area contributed by atoms with Crippen LogP contribution in [0.25, 0.3) is 0 Å². The van der Waals surface area contributed by atoms with Crippen LogP contribution in [0.3, 0.4) is 0 Å². The summed E-state index contributed by atoms with van der Waals surface area (Å²) < 4.78 is 58.9. The Labute approximate surface area is 195 Å². The summed E-state index contributed by atoms with van der Waals surface area (Å²) in [6, 6.07) is 9.31. The molecule has 7 nitrogen and oxygen atoms in total. The van der Waals surface area contributed by atoms with Crippen molar-refractivity contribution in [3.05, 3.63) is 59.9 Å². The third kappa shape index (κ3) is 4.96. The van der Waals surface area contributed by atoms with Crippen LogP contribution in [-0.4, -0.2) is 47.4 Å². The summed E-state index contributed by atoms with van der Waals surface area (Å²) >= 11 is 1.39. The Hall–Kier alpha value is -3.28. The molecule has 0 bridgehead atoms. The molecule has 2 saturated heterocycles. The van der Waals surface area contributed by atoms with Crippen molar-refractivity contribution < 1.29 is 41.4 Å². The van der Waals surface area contributed by atoms with Gasteiger partial charge in [-0.2, -0.15) is 0 Å². The van der Waals surface area contributed by atoms with Gasteiger partial charge in [0.2, 0.25) is 5.91 Å². The van der Waals surface area contributed by atoms with E-state index in [0.29, 0.717) is 12.0 Å². The SMILES string of the molecule is O=C(COC(=O)C1CSC2(c3ccc(F)cc3)CCC(=O)N12)Nc1ccc(OC(F)(F)F)cc1. The molecular formula is C22H18F4N2O5S. The van der Waals surface area contributed by atoms with Crippen molar-refractivity contribution in [1.82, 2.24) is 4.90 Å². The zero-order chi connectivity index (χ0) is 24.5. The first-order valence-corrected chi connectivity index (χ1v) is 11.1. The van der Waals surface area contributed by atoms with Crippen LogP contribution in [-0.2, 0) is 24.0 Å². The lowest BCUT2D eigenvalue weighted by atomic mass is 10.0. The topological polar surface area (TPSA) is 84.9 Å². The summed E-state index contributed by atoms with van der Waals surface area (Å²) in [6.45, 7) is -0.646. The van der Waals surface area contributed by atoms with Crippen LogP contribution in [0.5, 0.6) is 5.75 Å². The molecule has 34 heavy (non-hydrogen) atoms. The number of halogens is 4. The fourth-order valence-corrected chi connectivity index (χ4v) is 5.63. The van der Waals surface area contributed by atoms with E-state index in [2.05, 4.69) is 10.1 Å². The van der Waals surface area contributed by atoms with E-state index < -0.39 is 47.3 Å². The Kier molecular flexibility index (Phi) is 6.43. The van der Waals surface area contributed by atoms with Crippen LogP contribution in [0.15, 0.2) is 48.5 Å². The molecule has 12 heteroatoms. The van der Waals surface area contributed by atoms with Gasteiger partial charge >= 0.3 is 12.3 Å². The number of anilines is 1. The molecule has 2 aromatic rings. The monoisotopic (exact) mass is 498 g/mol. The third-order valence-electron chi connectivity index (χ3n) is 5.41. The van der Waals surface area contributed by atoms with Gasteiger partial charge in [-0.3, -0.25) is 9.59 Å². The molecule has 1 N–H and O–H groups in total. The van der Waals surface area contributed by atoms with E-state index in [4.69, 9.17) is 4.74 Å². The number of esters is 1. The number of hydrogen-bond donors (Lipinski definition) is 1. The van der Waals surface area contributed by atoms with Gasteiger partial charge in [0.15, 0.2) is 6.61 Å². The van der Waals surface area contributed by atoms with E-state index in [9.17, 15) is 31.9 Å². The number of ether oxygens (including phenoxy) is 2. The van der Waals surface area contributed by atoms with Gasteiger partial charge in [0.1, 0.15) is 22.5 Å². The number of alkyl halides is 3. The standard InChI is InChI=1S/C22H18F4N2O5S/c23-14-3-1-13(2-4-14)21-10-9-19(30)28(21)17(12-34-21)20(31)32-11-18(29)27-15-5-7-16(8-6-15)33-22(24,25)26/h1-8,17H,9-12H2,(H,27,29). The van der Waals surface area contributed by atoms with Gasteiger partial charge in [-0.05, 0) is 48.4 Å².